The summed E-state index contributed by atoms with van der Waals surface area (Å²) in [5.74, 6) is 0. The van der Waals surface area contributed by atoms with Crippen molar-refractivity contribution in [3.05, 3.63) is 29.8 Å². The van der Waals surface area contributed by atoms with E-state index in [0.717, 1.165) is 13.2 Å². The fourth-order valence-electron chi connectivity index (χ4n) is 3.12. The number of nitrogens with two attached hydrogens (primary N) is 1. The first-order chi connectivity index (χ1) is 10.2. The third-order valence-corrected chi connectivity index (χ3v) is 4.46. The topological polar surface area (TPSA) is 47.5 Å². The first-order valence-electron chi connectivity index (χ1n) is 7.54. The molecule has 1 aromatic carbocycles. The largest absolute Gasteiger partial charge is 0.378 e. The summed E-state index contributed by atoms with van der Waals surface area (Å²) in [6.07, 6.45) is 0.358. The van der Waals surface area contributed by atoms with Gasteiger partial charge in [-0.15, -0.1) is 0 Å². The molecule has 3 rings (SSSR count). The Hall–Kier alpha value is -1.14. The minimum atomic E-state index is 0.0905. The number of hydrogen-bond donors (Lipinski definition) is 1. The third kappa shape index (κ3) is 3.06. The van der Waals surface area contributed by atoms with E-state index >= 15 is 0 Å². The van der Waals surface area contributed by atoms with Crippen molar-refractivity contribution in [1.29, 1.82) is 0 Å². The second kappa shape index (κ2) is 6.32. The van der Waals surface area contributed by atoms with Gasteiger partial charge in [0.2, 0.25) is 0 Å². The summed E-state index contributed by atoms with van der Waals surface area (Å²) in [5.41, 5.74) is 2.55. The van der Waals surface area contributed by atoms with Crippen LogP contribution in [0.3, 0.4) is 0 Å². The first kappa shape index (κ1) is 14.8. The number of nitrogens with zero attached hydrogens (tertiary/aromatic N) is 1. The molecule has 0 unspecified atom stereocenters. The summed E-state index contributed by atoms with van der Waals surface area (Å²) in [4.78, 5) is 2.11. The van der Waals surface area contributed by atoms with Gasteiger partial charge in [0.25, 0.3) is 0 Å². The highest BCUT2D eigenvalue weighted by atomic mass is 16.6. The van der Waals surface area contributed by atoms with Crippen molar-refractivity contribution >= 4 is 5.69 Å². The summed E-state index contributed by atoms with van der Waals surface area (Å²) < 4.78 is 17.1. The number of methoxy groups -OCH3 is 1. The van der Waals surface area contributed by atoms with E-state index in [2.05, 4.69) is 48.6 Å². The average molecular weight is 293 g/mol. The molecule has 0 radical (unpaired) electrons. The highest BCUT2D eigenvalue weighted by Crippen LogP contribution is 2.27. The molecule has 5 heteroatoms. The molecule has 0 bridgehead atoms. The van der Waals surface area contributed by atoms with Gasteiger partial charge in [-0.3, -0.25) is 0 Å². The monoisotopic (exact) mass is 293 g/mol. The molecule has 2 aliphatic rings. The van der Waals surface area contributed by atoms with Crippen molar-refractivity contribution in [1.82, 2.24) is 0 Å². The van der Waals surface area contributed by atoms with E-state index in [1.807, 2.05) is 0 Å². The quantitative estimate of drug-likeness (QED) is 0.830. The van der Waals surface area contributed by atoms with E-state index in [-0.39, 0.29) is 18.3 Å². The summed E-state index contributed by atoms with van der Waals surface area (Å²) in [7, 11) is 5.84. The highest BCUT2D eigenvalue weighted by molar-refractivity contribution is 5.45. The molecule has 0 saturated carbocycles. The number of benzene rings is 1. The van der Waals surface area contributed by atoms with Gasteiger partial charge in [0.05, 0.1) is 6.61 Å². The van der Waals surface area contributed by atoms with Crippen LogP contribution in [0, 0.1) is 0 Å². The molecule has 0 amide bonds. The minimum absolute atomic E-state index is 0.0905. The van der Waals surface area contributed by atoms with Gasteiger partial charge in [0.15, 0.2) is 0 Å². The summed E-state index contributed by atoms with van der Waals surface area (Å²) >= 11 is 0. The number of rotatable bonds is 5. The Morgan fingerprint density at radius 1 is 1.14 bits per heavy atom. The Kier molecular flexibility index (Phi) is 4.45. The molecule has 4 atom stereocenters. The number of anilines is 1. The maximum Gasteiger partial charge on any atom is 0.140 e. The van der Waals surface area contributed by atoms with Crippen molar-refractivity contribution in [2.24, 2.45) is 0 Å². The molecule has 21 heavy (non-hydrogen) atoms. The molecule has 0 spiro atoms. The Morgan fingerprint density at radius 3 is 2.52 bits per heavy atom. The van der Waals surface area contributed by atoms with Gasteiger partial charge in [-0.2, -0.15) is 0 Å². The predicted octanol–water partition coefficient (Wildman–Crippen LogP) is -0.00280. The van der Waals surface area contributed by atoms with E-state index < -0.39 is 0 Å². The highest BCUT2D eigenvalue weighted by Gasteiger charge is 2.49. The number of quaternary nitrogens is 1. The van der Waals surface area contributed by atoms with Gasteiger partial charge in [-0.05, 0) is 12.1 Å². The molecular weight excluding hydrogens is 268 g/mol. The lowest BCUT2D eigenvalue weighted by Gasteiger charge is -2.15. The molecule has 2 saturated heterocycles. The lowest BCUT2D eigenvalue weighted by atomic mass is 10.1. The maximum absolute atomic E-state index is 5.84. The molecule has 0 aromatic heterocycles. The van der Waals surface area contributed by atoms with E-state index in [1.54, 1.807) is 7.11 Å². The third-order valence-electron chi connectivity index (χ3n) is 4.46. The Labute approximate surface area is 126 Å². The van der Waals surface area contributed by atoms with Crippen molar-refractivity contribution < 1.29 is 19.5 Å². The van der Waals surface area contributed by atoms with Crippen LogP contribution < -0.4 is 10.2 Å². The second-order valence-corrected chi connectivity index (χ2v) is 6.03. The van der Waals surface area contributed by atoms with Gasteiger partial charge < -0.3 is 24.4 Å². The lowest BCUT2D eigenvalue weighted by Crippen LogP contribution is -2.91. The van der Waals surface area contributed by atoms with Gasteiger partial charge in [0, 0.05) is 32.5 Å². The minimum Gasteiger partial charge on any atom is -0.378 e. The predicted molar refractivity (Wildman–Crippen MR) is 80.5 cm³/mol. The van der Waals surface area contributed by atoms with Gasteiger partial charge >= 0.3 is 0 Å². The zero-order chi connectivity index (χ0) is 14.8. The molecule has 2 heterocycles. The van der Waals surface area contributed by atoms with Gasteiger partial charge in [-0.1, -0.05) is 12.1 Å². The van der Waals surface area contributed by atoms with E-state index in [9.17, 15) is 0 Å². The lowest BCUT2D eigenvalue weighted by molar-refractivity contribution is -0.707. The normalized spacial score (nSPS) is 31.4. The van der Waals surface area contributed by atoms with Crippen molar-refractivity contribution in [2.75, 3.05) is 39.3 Å². The van der Waals surface area contributed by atoms with Gasteiger partial charge in [0.1, 0.15) is 37.5 Å². The number of ether oxygens (including phenoxy) is 3. The fourth-order valence-corrected chi connectivity index (χ4v) is 3.12. The molecule has 2 N–H and O–H groups in total. The average Bonchev–Trinajstić information content (AvgIpc) is 3.07. The van der Waals surface area contributed by atoms with Crippen molar-refractivity contribution in [3.8, 4) is 0 Å². The molecule has 2 aliphatic heterocycles. The van der Waals surface area contributed by atoms with Crippen LogP contribution in [0.2, 0.25) is 0 Å². The molecule has 5 nitrogen and oxygen atoms in total. The Balaban J connectivity index is 1.54. The molecule has 1 aromatic rings. The van der Waals surface area contributed by atoms with Crippen molar-refractivity contribution in [3.63, 3.8) is 0 Å². The Morgan fingerprint density at radius 2 is 1.86 bits per heavy atom. The maximum atomic E-state index is 5.84. The van der Waals surface area contributed by atoms with Crippen molar-refractivity contribution in [2.45, 2.75) is 30.9 Å². The van der Waals surface area contributed by atoms with E-state index in [0.29, 0.717) is 12.6 Å². The zero-order valence-corrected chi connectivity index (χ0v) is 13.0. The first-order valence-corrected chi connectivity index (χ1v) is 7.54. The second-order valence-electron chi connectivity index (χ2n) is 6.03. The smallest absolute Gasteiger partial charge is 0.140 e. The van der Waals surface area contributed by atoms with Crippen LogP contribution in [0.1, 0.15) is 5.56 Å². The fraction of sp³-hybridized carbons (Fsp3) is 0.625. The zero-order valence-electron chi connectivity index (χ0n) is 13.0. The van der Waals surface area contributed by atoms with Gasteiger partial charge in [-0.25, -0.2) is 0 Å². The molecule has 0 aliphatic carbocycles. The van der Waals surface area contributed by atoms with Crippen LogP contribution in [-0.4, -0.2) is 58.8 Å². The Bertz CT molecular complexity index is 463. The summed E-state index contributed by atoms with van der Waals surface area (Å²) in [6.45, 7) is 2.34. The van der Waals surface area contributed by atoms with Crippen LogP contribution in [-0.2, 0) is 20.8 Å². The SMILES string of the molecule is CO[C@@H]1CO[C@H]2[C@@H]1OC[C@@H]2[NH2+]Cc1ccc(N(C)C)cc1. The number of fused-ring (bicyclic) bond motifs is 1. The van der Waals surface area contributed by atoms with Crippen LogP contribution in [0.15, 0.2) is 24.3 Å². The number of hydrogen-bond acceptors (Lipinski definition) is 4. The van der Waals surface area contributed by atoms with E-state index in [4.69, 9.17) is 14.2 Å². The molecular formula is C16H25N2O3+. The van der Waals surface area contributed by atoms with Crippen LogP contribution in [0.4, 0.5) is 5.69 Å². The standard InChI is InChI=1S/C16H24N2O3/c1-18(2)12-6-4-11(5-7-12)8-17-13-9-20-16-14(19-3)10-21-15(13)16/h4-7,13-17H,8-10H2,1-3H3/p+1/t13-,14+,15+,16+/m0/s1. The summed E-state index contributed by atoms with van der Waals surface area (Å²) in [6, 6.07) is 9.05. The molecule has 2 fully saturated rings. The summed E-state index contributed by atoms with van der Waals surface area (Å²) in [5, 5.41) is 2.33. The van der Waals surface area contributed by atoms with Crippen LogP contribution in [0.25, 0.3) is 0 Å². The van der Waals surface area contributed by atoms with Crippen LogP contribution in [0.5, 0.6) is 0 Å². The van der Waals surface area contributed by atoms with Crippen LogP contribution >= 0.6 is 0 Å². The van der Waals surface area contributed by atoms with E-state index in [1.165, 1.54) is 11.3 Å². The molecule has 116 valence electrons.